The molecule has 0 bridgehead atoms. The van der Waals surface area contributed by atoms with Crippen molar-refractivity contribution < 1.29 is 19.1 Å². The van der Waals surface area contributed by atoms with Crippen LogP contribution < -0.4 is 10.2 Å². The highest BCUT2D eigenvalue weighted by molar-refractivity contribution is 9.10. The average molecular weight is 445 g/mol. The topological polar surface area (TPSA) is 75.7 Å². The highest BCUT2D eigenvalue weighted by Gasteiger charge is 2.37. The molecule has 0 unspecified atom stereocenters. The smallest absolute Gasteiger partial charge is 0.311 e. The van der Waals surface area contributed by atoms with Gasteiger partial charge in [0.25, 0.3) is 5.91 Å². The SMILES string of the molecule is Cc1cccc(N2C[C@@H](C(=O)OCC(=O)Nc3ccc(Br)cc3)CC2=O)c1C. The first-order chi connectivity index (χ1) is 13.3. The number of anilines is 2. The van der Waals surface area contributed by atoms with Gasteiger partial charge in [-0.15, -0.1) is 0 Å². The molecule has 1 atom stereocenters. The molecule has 2 aromatic rings. The van der Waals surface area contributed by atoms with Gasteiger partial charge in [0, 0.05) is 28.8 Å². The Balaban J connectivity index is 1.55. The lowest BCUT2D eigenvalue weighted by molar-refractivity contribution is -0.151. The molecule has 0 aromatic heterocycles. The van der Waals surface area contributed by atoms with Crippen molar-refractivity contribution in [3.8, 4) is 0 Å². The van der Waals surface area contributed by atoms with E-state index in [1.165, 1.54) is 0 Å². The van der Waals surface area contributed by atoms with Crippen molar-refractivity contribution in [3.05, 3.63) is 58.1 Å². The summed E-state index contributed by atoms with van der Waals surface area (Å²) in [6, 6.07) is 12.8. The molecule has 0 radical (unpaired) electrons. The van der Waals surface area contributed by atoms with Gasteiger partial charge in [0.05, 0.1) is 5.92 Å². The zero-order valence-corrected chi connectivity index (χ0v) is 17.3. The Morgan fingerprint density at radius 3 is 2.61 bits per heavy atom. The van der Waals surface area contributed by atoms with Gasteiger partial charge < -0.3 is 15.0 Å². The molecule has 1 heterocycles. The quantitative estimate of drug-likeness (QED) is 0.714. The monoisotopic (exact) mass is 444 g/mol. The lowest BCUT2D eigenvalue weighted by Gasteiger charge is -2.20. The number of hydrogen-bond donors (Lipinski definition) is 1. The summed E-state index contributed by atoms with van der Waals surface area (Å²) in [5.74, 6) is -1.65. The molecule has 0 aliphatic carbocycles. The fourth-order valence-electron chi connectivity index (χ4n) is 3.11. The molecular formula is C21H21BrN2O4. The lowest BCUT2D eigenvalue weighted by atomic mass is 10.1. The van der Waals surface area contributed by atoms with Crippen molar-refractivity contribution in [3.63, 3.8) is 0 Å². The number of nitrogens with zero attached hydrogens (tertiary/aromatic N) is 1. The number of amides is 2. The van der Waals surface area contributed by atoms with Gasteiger partial charge in [-0.1, -0.05) is 28.1 Å². The second-order valence-corrected chi connectivity index (χ2v) is 7.70. The van der Waals surface area contributed by atoms with Crippen molar-refractivity contribution in [1.29, 1.82) is 0 Å². The zero-order chi connectivity index (χ0) is 20.3. The van der Waals surface area contributed by atoms with Gasteiger partial charge in [0.1, 0.15) is 0 Å². The van der Waals surface area contributed by atoms with Gasteiger partial charge in [-0.25, -0.2) is 0 Å². The maximum Gasteiger partial charge on any atom is 0.311 e. The van der Waals surface area contributed by atoms with Gasteiger partial charge in [0.2, 0.25) is 5.91 Å². The van der Waals surface area contributed by atoms with Crippen LogP contribution in [-0.2, 0) is 19.1 Å². The first-order valence-corrected chi connectivity index (χ1v) is 9.73. The average Bonchev–Trinajstić information content (AvgIpc) is 3.05. The van der Waals surface area contributed by atoms with Crippen LogP contribution in [0.1, 0.15) is 17.5 Å². The van der Waals surface area contributed by atoms with Crippen molar-refractivity contribution in [2.24, 2.45) is 5.92 Å². The molecule has 2 amide bonds. The number of carbonyl (C=O) groups excluding carboxylic acids is 3. The molecule has 1 saturated heterocycles. The van der Waals surface area contributed by atoms with E-state index >= 15 is 0 Å². The van der Waals surface area contributed by atoms with Crippen molar-refractivity contribution in [2.75, 3.05) is 23.4 Å². The number of carbonyl (C=O) groups is 3. The van der Waals surface area contributed by atoms with Crippen LogP contribution >= 0.6 is 15.9 Å². The fraction of sp³-hybridized carbons (Fsp3) is 0.286. The van der Waals surface area contributed by atoms with Crippen LogP contribution in [0.2, 0.25) is 0 Å². The molecule has 28 heavy (non-hydrogen) atoms. The van der Waals surface area contributed by atoms with Crippen LogP contribution in [0.5, 0.6) is 0 Å². The summed E-state index contributed by atoms with van der Waals surface area (Å²) in [5.41, 5.74) is 3.52. The summed E-state index contributed by atoms with van der Waals surface area (Å²) in [7, 11) is 0. The summed E-state index contributed by atoms with van der Waals surface area (Å²) >= 11 is 3.32. The van der Waals surface area contributed by atoms with Gasteiger partial charge in [0.15, 0.2) is 6.61 Å². The van der Waals surface area contributed by atoms with E-state index in [0.29, 0.717) is 5.69 Å². The molecule has 1 fully saturated rings. The summed E-state index contributed by atoms with van der Waals surface area (Å²) in [6.45, 7) is 3.81. The number of benzene rings is 2. The molecule has 1 N–H and O–H groups in total. The normalized spacial score (nSPS) is 16.2. The third-order valence-corrected chi connectivity index (χ3v) is 5.33. The molecule has 0 saturated carbocycles. The Morgan fingerprint density at radius 1 is 1.18 bits per heavy atom. The van der Waals surface area contributed by atoms with Crippen LogP contribution in [0.25, 0.3) is 0 Å². The van der Waals surface area contributed by atoms with Crippen molar-refractivity contribution in [2.45, 2.75) is 20.3 Å². The van der Waals surface area contributed by atoms with Crippen molar-refractivity contribution >= 4 is 45.1 Å². The van der Waals surface area contributed by atoms with E-state index in [1.807, 2.05) is 32.0 Å². The largest absolute Gasteiger partial charge is 0.455 e. The fourth-order valence-corrected chi connectivity index (χ4v) is 3.38. The maximum absolute atomic E-state index is 12.4. The third kappa shape index (κ3) is 4.59. The van der Waals surface area contributed by atoms with E-state index in [0.717, 1.165) is 21.3 Å². The Kier molecular flexibility index (Phi) is 6.14. The van der Waals surface area contributed by atoms with Crippen LogP contribution in [0.4, 0.5) is 11.4 Å². The number of halogens is 1. The second kappa shape index (κ2) is 8.56. The minimum atomic E-state index is -0.576. The van der Waals surface area contributed by atoms with Crippen LogP contribution in [0, 0.1) is 19.8 Å². The molecule has 146 valence electrons. The van der Waals surface area contributed by atoms with Crippen LogP contribution in [0.3, 0.4) is 0 Å². The molecule has 3 rings (SSSR count). The zero-order valence-electron chi connectivity index (χ0n) is 15.7. The lowest BCUT2D eigenvalue weighted by Crippen LogP contribution is -2.28. The predicted octanol–water partition coefficient (Wildman–Crippen LogP) is 3.60. The number of rotatable bonds is 5. The molecule has 0 spiro atoms. The van der Waals surface area contributed by atoms with Crippen LogP contribution in [-0.4, -0.2) is 30.9 Å². The number of esters is 1. The number of nitrogens with one attached hydrogen (secondary N) is 1. The Bertz CT molecular complexity index is 911. The van der Waals surface area contributed by atoms with E-state index < -0.39 is 17.8 Å². The Morgan fingerprint density at radius 2 is 1.89 bits per heavy atom. The summed E-state index contributed by atoms with van der Waals surface area (Å²) in [5, 5.41) is 2.66. The molecule has 2 aromatic carbocycles. The number of hydrogen-bond acceptors (Lipinski definition) is 4. The highest BCUT2D eigenvalue weighted by atomic mass is 79.9. The third-order valence-electron chi connectivity index (χ3n) is 4.80. The molecule has 6 nitrogen and oxygen atoms in total. The predicted molar refractivity (Wildman–Crippen MR) is 110 cm³/mol. The summed E-state index contributed by atoms with van der Waals surface area (Å²) in [4.78, 5) is 38.3. The maximum atomic E-state index is 12.4. The molecular weight excluding hydrogens is 424 g/mol. The summed E-state index contributed by atoms with van der Waals surface area (Å²) < 4.78 is 6.03. The Labute approximate surface area is 172 Å². The van der Waals surface area contributed by atoms with E-state index in [4.69, 9.17) is 4.74 Å². The van der Waals surface area contributed by atoms with E-state index in [-0.39, 0.29) is 25.5 Å². The Hall–Kier alpha value is -2.67. The molecule has 1 aliphatic heterocycles. The standard InChI is InChI=1S/C21H21BrN2O4/c1-13-4-3-5-18(14(13)2)24-11-15(10-20(24)26)21(27)28-12-19(25)23-17-8-6-16(22)7-9-17/h3-9,15H,10-12H2,1-2H3,(H,23,25)/t15-/m0/s1. The summed E-state index contributed by atoms with van der Waals surface area (Å²) in [6.07, 6.45) is 0.0839. The minimum Gasteiger partial charge on any atom is -0.455 e. The van der Waals surface area contributed by atoms with Crippen molar-refractivity contribution in [1.82, 2.24) is 0 Å². The van der Waals surface area contributed by atoms with Gasteiger partial charge >= 0.3 is 5.97 Å². The van der Waals surface area contributed by atoms with Gasteiger partial charge in [-0.3, -0.25) is 14.4 Å². The van der Waals surface area contributed by atoms with Crippen LogP contribution in [0.15, 0.2) is 46.9 Å². The van der Waals surface area contributed by atoms with E-state index in [1.54, 1.807) is 29.2 Å². The number of ether oxygens (including phenoxy) is 1. The highest BCUT2D eigenvalue weighted by Crippen LogP contribution is 2.29. The second-order valence-electron chi connectivity index (χ2n) is 6.79. The molecule has 1 aliphatic rings. The minimum absolute atomic E-state index is 0.0839. The van der Waals surface area contributed by atoms with E-state index in [2.05, 4.69) is 21.2 Å². The van der Waals surface area contributed by atoms with Gasteiger partial charge in [-0.05, 0) is 55.3 Å². The first-order valence-electron chi connectivity index (χ1n) is 8.94. The molecule has 7 heteroatoms. The van der Waals surface area contributed by atoms with Gasteiger partial charge in [-0.2, -0.15) is 0 Å². The number of aryl methyl sites for hydroxylation is 1. The van der Waals surface area contributed by atoms with E-state index in [9.17, 15) is 14.4 Å². The first kappa shape index (κ1) is 20.1.